The summed E-state index contributed by atoms with van der Waals surface area (Å²) in [7, 11) is 0. The fourth-order valence-electron chi connectivity index (χ4n) is 1.72. The SMILES string of the molecule is CCCCCC/C=C/[C@@H](O)c1cccc(F)c1. The van der Waals surface area contributed by atoms with Crippen molar-refractivity contribution >= 4 is 0 Å². The molecule has 0 fully saturated rings. The first kappa shape index (κ1) is 13.9. The Morgan fingerprint density at radius 2 is 2.12 bits per heavy atom. The van der Waals surface area contributed by atoms with Crippen molar-refractivity contribution in [2.24, 2.45) is 0 Å². The highest BCUT2D eigenvalue weighted by Gasteiger charge is 2.03. The van der Waals surface area contributed by atoms with Crippen LogP contribution in [0.3, 0.4) is 0 Å². The van der Waals surface area contributed by atoms with E-state index in [1.165, 1.54) is 31.4 Å². The Bertz CT molecular complexity index is 347. The van der Waals surface area contributed by atoms with Gasteiger partial charge in [-0.05, 0) is 30.5 Å². The number of hydrogen-bond acceptors (Lipinski definition) is 1. The number of allylic oxidation sites excluding steroid dienone is 1. The van der Waals surface area contributed by atoms with Gasteiger partial charge in [-0.2, -0.15) is 0 Å². The summed E-state index contributed by atoms with van der Waals surface area (Å²) >= 11 is 0. The first-order chi connectivity index (χ1) is 8.24. The molecule has 0 amide bonds. The zero-order valence-corrected chi connectivity index (χ0v) is 10.4. The third kappa shape index (κ3) is 5.64. The molecule has 0 spiro atoms. The van der Waals surface area contributed by atoms with E-state index < -0.39 is 6.10 Å². The lowest BCUT2D eigenvalue weighted by molar-refractivity contribution is 0.227. The van der Waals surface area contributed by atoms with Crippen LogP contribution in [0.2, 0.25) is 0 Å². The maximum absolute atomic E-state index is 12.9. The Balaban J connectivity index is 2.33. The molecule has 17 heavy (non-hydrogen) atoms. The van der Waals surface area contributed by atoms with Crippen LogP contribution in [0.15, 0.2) is 36.4 Å². The van der Waals surface area contributed by atoms with Gasteiger partial charge in [0, 0.05) is 0 Å². The number of unbranched alkanes of at least 4 members (excludes halogenated alkanes) is 4. The van der Waals surface area contributed by atoms with Gasteiger partial charge in [-0.25, -0.2) is 4.39 Å². The molecule has 1 N–H and O–H groups in total. The summed E-state index contributed by atoms with van der Waals surface area (Å²) in [6.45, 7) is 2.18. The van der Waals surface area contributed by atoms with Gasteiger partial charge in [-0.3, -0.25) is 0 Å². The molecule has 1 nitrogen and oxygen atoms in total. The van der Waals surface area contributed by atoms with Gasteiger partial charge >= 0.3 is 0 Å². The van der Waals surface area contributed by atoms with E-state index in [0.717, 1.165) is 12.8 Å². The van der Waals surface area contributed by atoms with Gasteiger partial charge in [0.15, 0.2) is 0 Å². The molecule has 0 saturated heterocycles. The first-order valence-electron chi connectivity index (χ1n) is 6.34. The zero-order chi connectivity index (χ0) is 12.5. The summed E-state index contributed by atoms with van der Waals surface area (Å²) in [5, 5.41) is 9.79. The Hall–Kier alpha value is -1.15. The monoisotopic (exact) mass is 236 g/mol. The normalized spacial score (nSPS) is 13.1. The van der Waals surface area contributed by atoms with Crippen molar-refractivity contribution in [3.63, 3.8) is 0 Å². The summed E-state index contributed by atoms with van der Waals surface area (Å²) in [6, 6.07) is 6.09. The minimum atomic E-state index is -0.697. The average Bonchev–Trinajstić information content (AvgIpc) is 2.33. The van der Waals surface area contributed by atoms with Crippen LogP contribution in [-0.4, -0.2) is 5.11 Å². The number of aliphatic hydroxyl groups excluding tert-OH is 1. The molecule has 0 bridgehead atoms. The smallest absolute Gasteiger partial charge is 0.123 e. The van der Waals surface area contributed by atoms with E-state index in [-0.39, 0.29) is 5.82 Å². The zero-order valence-electron chi connectivity index (χ0n) is 10.4. The molecule has 94 valence electrons. The molecule has 2 heteroatoms. The van der Waals surface area contributed by atoms with Gasteiger partial charge in [0.2, 0.25) is 0 Å². The van der Waals surface area contributed by atoms with Gasteiger partial charge < -0.3 is 5.11 Å². The molecule has 0 saturated carbocycles. The number of rotatable bonds is 7. The minimum absolute atomic E-state index is 0.308. The van der Waals surface area contributed by atoms with Crippen LogP contribution in [0.4, 0.5) is 4.39 Å². The summed E-state index contributed by atoms with van der Waals surface area (Å²) in [4.78, 5) is 0. The third-order valence-electron chi connectivity index (χ3n) is 2.73. The third-order valence-corrected chi connectivity index (χ3v) is 2.73. The maximum Gasteiger partial charge on any atom is 0.123 e. The summed E-state index contributed by atoms with van der Waals surface area (Å²) in [6.07, 6.45) is 8.88. The molecule has 0 aliphatic rings. The number of halogens is 1. The fraction of sp³-hybridized carbons (Fsp3) is 0.467. The molecule has 1 aromatic rings. The summed E-state index contributed by atoms with van der Waals surface area (Å²) < 4.78 is 12.9. The molecular formula is C15H21FO. The van der Waals surface area contributed by atoms with Crippen LogP contribution in [0.25, 0.3) is 0 Å². The molecule has 0 heterocycles. The fourth-order valence-corrected chi connectivity index (χ4v) is 1.72. The molecule has 0 aliphatic heterocycles. The van der Waals surface area contributed by atoms with Crippen molar-refractivity contribution in [3.8, 4) is 0 Å². The van der Waals surface area contributed by atoms with Crippen molar-refractivity contribution in [3.05, 3.63) is 47.8 Å². The highest BCUT2D eigenvalue weighted by Crippen LogP contribution is 2.15. The molecule has 1 rings (SSSR count). The minimum Gasteiger partial charge on any atom is -0.384 e. The molecule has 0 radical (unpaired) electrons. The summed E-state index contributed by atoms with van der Waals surface area (Å²) in [5.41, 5.74) is 0.606. The highest BCUT2D eigenvalue weighted by molar-refractivity contribution is 5.21. The van der Waals surface area contributed by atoms with Crippen LogP contribution in [0, 0.1) is 5.82 Å². The second kappa shape index (κ2) is 8.02. The van der Waals surface area contributed by atoms with E-state index in [0.29, 0.717) is 5.56 Å². The number of hydrogen-bond donors (Lipinski definition) is 1. The van der Waals surface area contributed by atoms with Crippen molar-refractivity contribution in [1.29, 1.82) is 0 Å². The van der Waals surface area contributed by atoms with E-state index in [4.69, 9.17) is 0 Å². The molecular weight excluding hydrogens is 215 g/mol. The van der Waals surface area contributed by atoms with Crippen LogP contribution >= 0.6 is 0 Å². The van der Waals surface area contributed by atoms with Crippen molar-refractivity contribution < 1.29 is 9.50 Å². The second-order valence-corrected chi connectivity index (χ2v) is 4.28. The maximum atomic E-state index is 12.9. The van der Waals surface area contributed by atoms with Crippen LogP contribution < -0.4 is 0 Å². The highest BCUT2D eigenvalue weighted by atomic mass is 19.1. The molecule has 1 aromatic carbocycles. The topological polar surface area (TPSA) is 20.2 Å². The van der Waals surface area contributed by atoms with Gasteiger partial charge in [-0.15, -0.1) is 0 Å². The average molecular weight is 236 g/mol. The Morgan fingerprint density at radius 3 is 2.82 bits per heavy atom. The second-order valence-electron chi connectivity index (χ2n) is 4.28. The number of benzene rings is 1. The standard InChI is InChI=1S/C15H21FO/c1-2-3-4-5-6-7-11-15(17)13-9-8-10-14(16)12-13/h7-12,15,17H,2-6H2,1H3/b11-7+/t15-/m1/s1. The number of aliphatic hydroxyl groups is 1. The van der Waals surface area contributed by atoms with E-state index >= 15 is 0 Å². The van der Waals surface area contributed by atoms with Gasteiger partial charge in [0.1, 0.15) is 5.82 Å². The lowest BCUT2D eigenvalue weighted by Gasteiger charge is -2.05. The van der Waals surface area contributed by atoms with Crippen molar-refractivity contribution in [2.45, 2.75) is 45.1 Å². The molecule has 0 aromatic heterocycles. The molecule has 0 aliphatic carbocycles. The van der Waals surface area contributed by atoms with E-state index in [2.05, 4.69) is 6.92 Å². The van der Waals surface area contributed by atoms with Gasteiger partial charge in [0.05, 0.1) is 6.10 Å². The predicted octanol–water partition coefficient (Wildman–Crippen LogP) is 4.39. The van der Waals surface area contributed by atoms with E-state index in [1.807, 2.05) is 6.08 Å². The van der Waals surface area contributed by atoms with Gasteiger partial charge in [0.25, 0.3) is 0 Å². The Kier molecular flexibility index (Phi) is 6.56. The quantitative estimate of drug-likeness (QED) is 0.550. The van der Waals surface area contributed by atoms with E-state index in [1.54, 1.807) is 18.2 Å². The lowest BCUT2D eigenvalue weighted by Crippen LogP contribution is -1.93. The lowest BCUT2D eigenvalue weighted by atomic mass is 10.1. The molecule has 1 atom stereocenters. The predicted molar refractivity (Wildman–Crippen MR) is 69.3 cm³/mol. The van der Waals surface area contributed by atoms with E-state index in [9.17, 15) is 9.50 Å². The van der Waals surface area contributed by atoms with Crippen LogP contribution in [0.5, 0.6) is 0 Å². The summed E-state index contributed by atoms with van der Waals surface area (Å²) in [5.74, 6) is -0.308. The van der Waals surface area contributed by atoms with Gasteiger partial charge in [-0.1, -0.05) is 50.5 Å². The first-order valence-corrected chi connectivity index (χ1v) is 6.34. The Morgan fingerprint density at radius 1 is 1.29 bits per heavy atom. The molecule has 0 unspecified atom stereocenters. The Labute approximate surface area is 103 Å². The van der Waals surface area contributed by atoms with Crippen molar-refractivity contribution in [2.75, 3.05) is 0 Å². The van der Waals surface area contributed by atoms with Crippen LogP contribution in [-0.2, 0) is 0 Å². The van der Waals surface area contributed by atoms with Crippen LogP contribution in [0.1, 0.15) is 50.7 Å². The largest absolute Gasteiger partial charge is 0.384 e. The van der Waals surface area contributed by atoms with Crippen molar-refractivity contribution in [1.82, 2.24) is 0 Å².